The molecule has 0 aliphatic rings. The Morgan fingerprint density at radius 1 is 1.21 bits per heavy atom. The lowest BCUT2D eigenvalue weighted by Gasteiger charge is -2.07. The van der Waals surface area contributed by atoms with Crippen LogP contribution in [-0.2, 0) is 12.7 Å². The highest BCUT2D eigenvalue weighted by atomic mass is 35.5. The number of H-pyrrole nitrogens is 1. The van der Waals surface area contributed by atoms with Gasteiger partial charge in [0.25, 0.3) is 0 Å². The van der Waals surface area contributed by atoms with Gasteiger partial charge in [-0.1, -0.05) is 12.1 Å². The molecule has 0 saturated carbocycles. The molecule has 0 unspecified atom stereocenters. The maximum absolute atomic E-state index is 12.8. The van der Waals surface area contributed by atoms with Crippen LogP contribution in [0.1, 0.15) is 17.0 Å². The average Bonchev–Trinajstić information content (AvgIpc) is 3.16. The Balaban J connectivity index is 1.65. The second-order valence-electron chi connectivity index (χ2n) is 6.14. The zero-order valence-electron chi connectivity index (χ0n) is 14.3. The van der Waals surface area contributed by atoms with E-state index >= 15 is 0 Å². The van der Waals surface area contributed by atoms with E-state index < -0.39 is 11.9 Å². The molecule has 144 valence electrons. The monoisotopic (exact) mass is 408 g/mol. The number of nitrogens with one attached hydrogen (secondary N) is 1. The van der Waals surface area contributed by atoms with E-state index in [0.717, 1.165) is 11.6 Å². The van der Waals surface area contributed by atoms with Crippen LogP contribution in [0.3, 0.4) is 0 Å². The van der Waals surface area contributed by atoms with Gasteiger partial charge in [-0.3, -0.25) is 4.57 Å². The molecule has 1 aromatic carbocycles. The van der Waals surface area contributed by atoms with Crippen LogP contribution in [0, 0.1) is 6.92 Å². The molecule has 0 atom stereocenters. The molecule has 0 fully saturated rings. The molecule has 7 nitrogen and oxygen atoms in total. The molecule has 0 aliphatic heterocycles. The van der Waals surface area contributed by atoms with E-state index in [2.05, 4.69) is 20.1 Å². The Hall–Kier alpha value is -3.14. The summed E-state index contributed by atoms with van der Waals surface area (Å²) in [5.74, 6) is 0. The van der Waals surface area contributed by atoms with E-state index in [1.807, 2.05) is 0 Å². The lowest BCUT2D eigenvalue weighted by atomic mass is 10.2. The first kappa shape index (κ1) is 18.2. The van der Waals surface area contributed by atoms with Crippen LogP contribution in [0.15, 0.2) is 41.3 Å². The molecule has 1 N–H and O–H groups in total. The third-order valence-corrected chi connectivity index (χ3v) is 4.36. The molecule has 0 aliphatic carbocycles. The maximum atomic E-state index is 12.8. The fraction of sp³-hybridized carbons (Fsp3) is 0.176. The van der Waals surface area contributed by atoms with Crippen LogP contribution in [0.2, 0.25) is 5.28 Å². The van der Waals surface area contributed by atoms with E-state index in [1.165, 1.54) is 15.4 Å². The van der Waals surface area contributed by atoms with Gasteiger partial charge in [0.1, 0.15) is 5.52 Å². The fourth-order valence-electron chi connectivity index (χ4n) is 2.87. The van der Waals surface area contributed by atoms with E-state index in [9.17, 15) is 18.0 Å². The van der Waals surface area contributed by atoms with Gasteiger partial charge in [0.15, 0.2) is 11.3 Å². The normalized spacial score (nSPS) is 12.0. The van der Waals surface area contributed by atoms with Gasteiger partial charge in [-0.2, -0.15) is 23.3 Å². The zero-order valence-corrected chi connectivity index (χ0v) is 15.1. The lowest BCUT2D eigenvalue weighted by Crippen LogP contribution is -2.17. The summed E-state index contributed by atoms with van der Waals surface area (Å²) in [5.41, 5.74) is 1.10. The predicted molar refractivity (Wildman–Crippen MR) is 95.6 cm³/mol. The standard InChI is InChI=1S/C17H12ClF3N6O/c1-9-6-13(17(19,20)21)25-27(9)11-4-2-10(3-5-11)8-26-14-12(23-16(26)28)7-22-15(18)24-14/h2-7H,8H2,1H3,(H,23,28). The smallest absolute Gasteiger partial charge is 0.303 e. The number of imidazole rings is 1. The average molecular weight is 409 g/mol. The van der Waals surface area contributed by atoms with Gasteiger partial charge >= 0.3 is 11.9 Å². The number of aromatic amines is 1. The van der Waals surface area contributed by atoms with Gasteiger partial charge < -0.3 is 4.98 Å². The van der Waals surface area contributed by atoms with Gasteiger partial charge in [0.05, 0.1) is 18.4 Å². The van der Waals surface area contributed by atoms with Gasteiger partial charge in [-0.25, -0.2) is 14.5 Å². The first-order chi connectivity index (χ1) is 13.2. The molecule has 4 aromatic rings. The summed E-state index contributed by atoms with van der Waals surface area (Å²) in [4.78, 5) is 22.7. The molecule has 28 heavy (non-hydrogen) atoms. The SMILES string of the molecule is Cc1cc(C(F)(F)F)nn1-c1ccc(Cn2c(=O)[nH]c3cnc(Cl)nc32)cc1. The van der Waals surface area contributed by atoms with E-state index in [-0.39, 0.29) is 17.5 Å². The van der Waals surface area contributed by atoms with Crippen LogP contribution in [0.5, 0.6) is 0 Å². The van der Waals surface area contributed by atoms with Crippen molar-refractivity contribution in [2.45, 2.75) is 19.6 Å². The number of hydrogen-bond donors (Lipinski definition) is 1. The number of fused-ring (bicyclic) bond motifs is 1. The number of aryl methyl sites for hydroxylation is 1. The first-order valence-corrected chi connectivity index (χ1v) is 8.44. The van der Waals surface area contributed by atoms with Crippen molar-refractivity contribution in [3.63, 3.8) is 0 Å². The predicted octanol–water partition coefficient (Wildman–Crippen LogP) is 3.33. The topological polar surface area (TPSA) is 81.4 Å². The molecule has 0 radical (unpaired) electrons. The summed E-state index contributed by atoms with van der Waals surface area (Å²) in [6, 6.07) is 7.67. The van der Waals surface area contributed by atoms with E-state index in [0.29, 0.717) is 22.5 Å². The van der Waals surface area contributed by atoms with E-state index in [4.69, 9.17) is 11.6 Å². The van der Waals surface area contributed by atoms with Crippen molar-refractivity contribution in [3.8, 4) is 5.69 Å². The van der Waals surface area contributed by atoms with Crippen molar-refractivity contribution < 1.29 is 13.2 Å². The van der Waals surface area contributed by atoms with Crippen LogP contribution in [-0.4, -0.2) is 29.3 Å². The number of alkyl halides is 3. The van der Waals surface area contributed by atoms with Gasteiger partial charge in [-0.05, 0) is 42.3 Å². The van der Waals surface area contributed by atoms with Crippen molar-refractivity contribution in [1.82, 2.24) is 29.3 Å². The number of rotatable bonds is 3. The Labute approximate surface area is 160 Å². The third kappa shape index (κ3) is 3.26. The lowest BCUT2D eigenvalue weighted by molar-refractivity contribution is -0.141. The van der Waals surface area contributed by atoms with Crippen molar-refractivity contribution in [2.75, 3.05) is 0 Å². The highest BCUT2D eigenvalue weighted by Crippen LogP contribution is 2.29. The molecule has 0 saturated heterocycles. The summed E-state index contributed by atoms with van der Waals surface area (Å²) in [6.45, 7) is 1.75. The highest BCUT2D eigenvalue weighted by molar-refractivity contribution is 6.28. The molecule has 0 amide bonds. The number of halogens is 4. The number of benzene rings is 1. The summed E-state index contributed by atoms with van der Waals surface area (Å²) in [7, 11) is 0. The first-order valence-electron chi connectivity index (χ1n) is 8.06. The molecule has 0 spiro atoms. The van der Waals surface area contributed by atoms with Gasteiger partial charge in [0, 0.05) is 5.69 Å². The number of hydrogen-bond acceptors (Lipinski definition) is 4. The second kappa shape index (κ2) is 6.48. The Kier molecular flexibility index (Phi) is 4.22. The molecule has 11 heteroatoms. The molecular formula is C17H12ClF3N6O. The molecular weight excluding hydrogens is 397 g/mol. The van der Waals surface area contributed by atoms with Crippen molar-refractivity contribution >= 4 is 22.8 Å². The summed E-state index contributed by atoms with van der Waals surface area (Å²) in [5, 5.41) is 3.64. The summed E-state index contributed by atoms with van der Waals surface area (Å²) in [6.07, 6.45) is -3.08. The minimum atomic E-state index is -4.50. The van der Waals surface area contributed by atoms with Crippen molar-refractivity contribution in [1.29, 1.82) is 0 Å². The number of nitrogens with zero attached hydrogens (tertiary/aromatic N) is 5. The van der Waals surface area contributed by atoms with Crippen LogP contribution in [0.25, 0.3) is 16.9 Å². The third-order valence-electron chi connectivity index (χ3n) is 4.18. The largest absolute Gasteiger partial charge is 0.435 e. The van der Waals surface area contributed by atoms with E-state index in [1.54, 1.807) is 31.2 Å². The van der Waals surface area contributed by atoms with Crippen LogP contribution < -0.4 is 5.69 Å². The minimum Gasteiger partial charge on any atom is -0.303 e. The zero-order chi connectivity index (χ0) is 20.1. The van der Waals surface area contributed by atoms with Crippen molar-refractivity contribution in [2.24, 2.45) is 0 Å². The Morgan fingerprint density at radius 3 is 2.57 bits per heavy atom. The molecule has 0 bridgehead atoms. The molecule has 4 rings (SSSR count). The second-order valence-corrected chi connectivity index (χ2v) is 6.48. The summed E-state index contributed by atoms with van der Waals surface area (Å²) < 4.78 is 41.1. The molecule has 3 heterocycles. The summed E-state index contributed by atoms with van der Waals surface area (Å²) >= 11 is 5.80. The highest BCUT2D eigenvalue weighted by Gasteiger charge is 2.34. The quantitative estimate of drug-likeness (QED) is 0.527. The fourth-order valence-corrected chi connectivity index (χ4v) is 3.00. The van der Waals surface area contributed by atoms with Gasteiger partial charge in [-0.15, -0.1) is 0 Å². The Morgan fingerprint density at radius 2 is 1.93 bits per heavy atom. The maximum Gasteiger partial charge on any atom is 0.435 e. The van der Waals surface area contributed by atoms with Crippen molar-refractivity contribution in [3.05, 3.63) is 69.2 Å². The number of aromatic nitrogens is 6. The molecule has 3 aromatic heterocycles. The van der Waals surface area contributed by atoms with Crippen LogP contribution in [0.4, 0.5) is 13.2 Å². The minimum absolute atomic E-state index is 0.0187. The van der Waals surface area contributed by atoms with Crippen LogP contribution >= 0.6 is 11.6 Å². The Bertz CT molecular complexity index is 1220. The van der Waals surface area contributed by atoms with Gasteiger partial charge in [0.2, 0.25) is 5.28 Å².